The number of nitrogens with zero attached hydrogens (tertiary/aromatic N) is 1. The largest absolute Gasteiger partial charge is 0.223 e. The summed E-state index contributed by atoms with van der Waals surface area (Å²) in [6, 6.07) is 10.1. The number of benzene rings is 1. The summed E-state index contributed by atoms with van der Waals surface area (Å²) in [5.41, 5.74) is 0.298. The van der Waals surface area contributed by atoms with Gasteiger partial charge in [0.1, 0.15) is 0 Å². The average Bonchev–Trinajstić information content (AvgIpc) is 2.29. The van der Waals surface area contributed by atoms with Crippen LogP contribution in [0.5, 0.6) is 0 Å². The topological polar surface area (TPSA) is 57.9 Å². The molecule has 0 aliphatic heterocycles. The molecule has 0 aliphatic rings. The highest BCUT2D eigenvalue weighted by molar-refractivity contribution is 7.91. The van der Waals surface area contributed by atoms with Crippen molar-refractivity contribution in [2.75, 3.05) is 5.75 Å². The van der Waals surface area contributed by atoms with Gasteiger partial charge in [-0.25, -0.2) is 8.42 Å². The third-order valence-corrected chi connectivity index (χ3v) is 3.72. The van der Waals surface area contributed by atoms with Crippen molar-refractivity contribution >= 4 is 9.84 Å². The first-order valence-electron chi connectivity index (χ1n) is 4.97. The van der Waals surface area contributed by atoms with Crippen molar-refractivity contribution in [1.29, 1.82) is 5.26 Å². The van der Waals surface area contributed by atoms with Crippen LogP contribution in [0, 0.1) is 11.3 Å². The molecule has 1 aromatic rings. The highest BCUT2D eigenvalue weighted by atomic mass is 32.2. The molecule has 0 bridgehead atoms. The van der Waals surface area contributed by atoms with E-state index >= 15 is 0 Å². The molecular weight excluding hydrogens is 222 g/mol. The van der Waals surface area contributed by atoms with E-state index in [9.17, 15) is 8.42 Å². The van der Waals surface area contributed by atoms with Gasteiger partial charge in [-0.15, -0.1) is 0 Å². The van der Waals surface area contributed by atoms with E-state index in [1.165, 1.54) is 12.1 Å². The van der Waals surface area contributed by atoms with Gasteiger partial charge < -0.3 is 0 Å². The van der Waals surface area contributed by atoms with Crippen molar-refractivity contribution in [3.8, 4) is 6.07 Å². The summed E-state index contributed by atoms with van der Waals surface area (Å²) in [5.74, 6) is -0.221. The van der Waals surface area contributed by atoms with Crippen molar-refractivity contribution < 1.29 is 8.42 Å². The van der Waals surface area contributed by atoms with Gasteiger partial charge in [0.2, 0.25) is 0 Å². The Morgan fingerprint density at radius 2 is 2.00 bits per heavy atom. The lowest BCUT2D eigenvalue weighted by Gasteiger charge is -2.02. The van der Waals surface area contributed by atoms with Crippen LogP contribution >= 0.6 is 0 Å². The predicted octanol–water partition coefficient (Wildman–Crippen LogP) is 2.32. The van der Waals surface area contributed by atoms with Crippen LogP contribution < -0.4 is 0 Å². The molecule has 0 saturated heterocycles. The first kappa shape index (κ1) is 12.5. The first-order valence-corrected chi connectivity index (χ1v) is 6.62. The second-order valence-corrected chi connectivity index (χ2v) is 5.31. The van der Waals surface area contributed by atoms with Crippen LogP contribution in [0.3, 0.4) is 0 Å². The molecule has 1 rings (SSSR count). The van der Waals surface area contributed by atoms with Crippen LogP contribution in [0.15, 0.2) is 46.9 Å². The SMILES string of the molecule is CC/C=C(/C#N)CS(=O)(=O)c1ccccc1. The third-order valence-electron chi connectivity index (χ3n) is 2.04. The van der Waals surface area contributed by atoms with Crippen molar-refractivity contribution in [2.24, 2.45) is 0 Å². The zero-order valence-electron chi connectivity index (χ0n) is 9.05. The Hall–Kier alpha value is -1.60. The van der Waals surface area contributed by atoms with Gasteiger partial charge in [-0.3, -0.25) is 0 Å². The van der Waals surface area contributed by atoms with Gasteiger partial charge in [0.25, 0.3) is 0 Å². The number of hydrogen-bond donors (Lipinski definition) is 0. The molecule has 0 unspecified atom stereocenters. The highest BCUT2D eigenvalue weighted by Crippen LogP contribution is 2.13. The molecule has 0 saturated carbocycles. The van der Waals surface area contributed by atoms with Gasteiger partial charge in [-0.05, 0) is 18.6 Å². The molecule has 0 N–H and O–H groups in total. The van der Waals surface area contributed by atoms with E-state index in [1.807, 2.05) is 13.0 Å². The van der Waals surface area contributed by atoms with E-state index in [2.05, 4.69) is 0 Å². The molecule has 0 aromatic heterocycles. The number of nitriles is 1. The molecule has 1 aromatic carbocycles. The Morgan fingerprint density at radius 1 is 1.38 bits per heavy atom. The Balaban J connectivity index is 2.98. The molecule has 0 amide bonds. The maximum absolute atomic E-state index is 11.9. The fraction of sp³-hybridized carbons (Fsp3) is 0.250. The molecule has 4 heteroatoms. The molecule has 16 heavy (non-hydrogen) atoms. The lowest BCUT2D eigenvalue weighted by molar-refractivity contribution is 0.598. The molecule has 3 nitrogen and oxygen atoms in total. The number of hydrogen-bond acceptors (Lipinski definition) is 3. The predicted molar refractivity (Wildman–Crippen MR) is 62.5 cm³/mol. The standard InChI is InChI=1S/C12H13NO2S/c1-2-6-11(9-13)10-16(14,15)12-7-4-3-5-8-12/h3-8H,2,10H2,1H3/b11-6-. The van der Waals surface area contributed by atoms with E-state index in [1.54, 1.807) is 24.3 Å². The quantitative estimate of drug-likeness (QED) is 0.752. The van der Waals surface area contributed by atoms with Gasteiger partial charge in [0.15, 0.2) is 9.84 Å². The van der Waals surface area contributed by atoms with Crippen LogP contribution in [-0.4, -0.2) is 14.2 Å². The van der Waals surface area contributed by atoms with Crippen molar-refractivity contribution in [2.45, 2.75) is 18.2 Å². The molecule has 0 heterocycles. The fourth-order valence-corrected chi connectivity index (χ4v) is 2.63. The highest BCUT2D eigenvalue weighted by Gasteiger charge is 2.15. The van der Waals surface area contributed by atoms with E-state index in [0.29, 0.717) is 12.0 Å². The molecular formula is C12H13NO2S. The average molecular weight is 235 g/mol. The van der Waals surface area contributed by atoms with Crippen molar-refractivity contribution in [3.05, 3.63) is 42.0 Å². The molecule has 84 valence electrons. The fourth-order valence-electron chi connectivity index (χ4n) is 1.30. The zero-order valence-corrected chi connectivity index (χ0v) is 9.87. The molecule has 0 fully saturated rings. The molecule has 0 radical (unpaired) electrons. The Labute approximate surface area is 95.9 Å². The number of allylic oxidation sites excluding steroid dienone is 1. The Kier molecular flexibility index (Phi) is 4.27. The van der Waals surface area contributed by atoms with Gasteiger partial charge in [0, 0.05) is 5.57 Å². The summed E-state index contributed by atoms with van der Waals surface area (Å²) >= 11 is 0. The number of sulfone groups is 1. The summed E-state index contributed by atoms with van der Waals surface area (Å²) < 4.78 is 23.8. The lowest BCUT2D eigenvalue weighted by Crippen LogP contribution is -2.08. The molecule has 0 aliphatic carbocycles. The van der Waals surface area contributed by atoms with E-state index in [0.717, 1.165) is 0 Å². The van der Waals surface area contributed by atoms with E-state index in [-0.39, 0.29) is 10.6 Å². The summed E-state index contributed by atoms with van der Waals surface area (Å²) in [7, 11) is -3.38. The van der Waals surface area contributed by atoms with Crippen LogP contribution in [0.1, 0.15) is 13.3 Å². The maximum Gasteiger partial charge on any atom is 0.183 e. The van der Waals surface area contributed by atoms with Gasteiger partial charge in [-0.1, -0.05) is 31.2 Å². The van der Waals surface area contributed by atoms with Gasteiger partial charge in [0.05, 0.1) is 16.7 Å². The minimum atomic E-state index is -3.38. The Bertz CT molecular complexity index is 510. The normalized spacial score (nSPS) is 12.1. The number of rotatable bonds is 4. The van der Waals surface area contributed by atoms with Crippen LogP contribution in [0.25, 0.3) is 0 Å². The second-order valence-electron chi connectivity index (χ2n) is 3.32. The van der Waals surface area contributed by atoms with Crippen molar-refractivity contribution in [1.82, 2.24) is 0 Å². The van der Waals surface area contributed by atoms with Gasteiger partial charge >= 0.3 is 0 Å². The van der Waals surface area contributed by atoms with Crippen LogP contribution in [0.4, 0.5) is 0 Å². The summed E-state index contributed by atoms with van der Waals surface area (Å²) in [6.07, 6.45) is 2.30. The third kappa shape index (κ3) is 3.21. The van der Waals surface area contributed by atoms with E-state index in [4.69, 9.17) is 5.26 Å². The summed E-state index contributed by atoms with van der Waals surface area (Å²) in [4.78, 5) is 0.257. The summed E-state index contributed by atoms with van der Waals surface area (Å²) in [6.45, 7) is 1.87. The van der Waals surface area contributed by atoms with Crippen molar-refractivity contribution in [3.63, 3.8) is 0 Å². The first-order chi connectivity index (χ1) is 7.60. The monoisotopic (exact) mass is 235 g/mol. The minimum Gasteiger partial charge on any atom is -0.223 e. The van der Waals surface area contributed by atoms with Gasteiger partial charge in [-0.2, -0.15) is 5.26 Å². The minimum absolute atomic E-state index is 0.221. The lowest BCUT2D eigenvalue weighted by atomic mass is 10.3. The maximum atomic E-state index is 11.9. The van der Waals surface area contributed by atoms with E-state index < -0.39 is 9.84 Å². The molecule has 0 atom stereocenters. The molecule has 0 spiro atoms. The van der Waals surface area contributed by atoms with Crippen LogP contribution in [0.2, 0.25) is 0 Å². The zero-order chi connectivity index (χ0) is 12.0. The Morgan fingerprint density at radius 3 is 2.50 bits per heavy atom. The summed E-state index contributed by atoms with van der Waals surface area (Å²) in [5, 5.41) is 8.78. The van der Waals surface area contributed by atoms with Crippen LogP contribution in [-0.2, 0) is 9.84 Å². The second kappa shape index (κ2) is 5.47. The smallest absolute Gasteiger partial charge is 0.183 e.